The molecule has 1 amide bonds. The molecular formula is C12H9N5O2S2. The molecule has 0 aliphatic rings. The zero-order chi connectivity index (χ0) is 15.0. The molecule has 2 N–H and O–H groups in total. The van der Waals surface area contributed by atoms with E-state index in [4.69, 9.17) is 12.2 Å². The van der Waals surface area contributed by atoms with Crippen LogP contribution < -0.4 is 10.9 Å². The fraction of sp³-hybridized carbons (Fsp3) is 0.0833. The lowest BCUT2D eigenvalue weighted by Crippen LogP contribution is -2.28. The maximum atomic E-state index is 12.2. The molecule has 21 heavy (non-hydrogen) atoms. The highest BCUT2D eigenvalue weighted by molar-refractivity contribution is 7.73. The number of H-pyrrole nitrogens is 1. The molecule has 0 aliphatic heterocycles. The summed E-state index contributed by atoms with van der Waals surface area (Å²) in [4.78, 5) is 28.6. The first-order valence-electron chi connectivity index (χ1n) is 5.88. The van der Waals surface area contributed by atoms with Crippen LogP contribution in [0.25, 0.3) is 11.0 Å². The van der Waals surface area contributed by atoms with Crippen LogP contribution in [-0.2, 0) is 7.05 Å². The van der Waals surface area contributed by atoms with Gasteiger partial charge in [-0.15, -0.1) is 5.10 Å². The Morgan fingerprint density at radius 1 is 1.52 bits per heavy atom. The monoisotopic (exact) mass is 319 g/mol. The number of hydrogen-bond acceptors (Lipinski definition) is 6. The van der Waals surface area contributed by atoms with Crippen molar-refractivity contribution in [2.75, 3.05) is 5.32 Å². The molecular weight excluding hydrogens is 310 g/mol. The molecule has 0 atom stereocenters. The number of pyridine rings is 2. The number of aromatic nitrogens is 4. The number of carbonyl (C=O) groups is 1. The number of nitrogens with zero attached hydrogens (tertiary/aromatic N) is 3. The topological polar surface area (TPSA) is 92.7 Å². The molecule has 3 aromatic rings. The van der Waals surface area contributed by atoms with Crippen LogP contribution >= 0.6 is 23.6 Å². The molecule has 7 nitrogen and oxygen atoms in total. The summed E-state index contributed by atoms with van der Waals surface area (Å²) in [7, 11) is 1.58. The fourth-order valence-corrected chi connectivity index (χ4v) is 2.69. The molecule has 0 unspecified atom stereocenters. The Labute approximate surface area is 127 Å². The summed E-state index contributed by atoms with van der Waals surface area (Å²) >= 11 is 6.01. The van der Waals surface area contributed by atoms with Gasteiger partial charge in [0.15, 0.2) is 3.95 Å². The van der Waals surface area contributed by atoms with E-state index in [9.17, 15) is 9.59 Å². The van der Waals surface area contributed by atoms with Crippen molar-refractivity contribution in [3.63, 3.8) is 0 Å². The number of amides is 1. The Morgan fingerprint density at radius 3 is 3.05 bits per heavy atom. The summed E-state index contributed by atoms with van der Waals surface area (Å²) < 4.78 is 1.79. The van der Waals surface area contributed by atoms with Gasteiger partial charge in [-0.1, -0.05) is 11.3 Å². The molecule has 3 rings (SSSR count). The van der Waals surface area contributed by atoms with Crippen molar-refractivity contribution in [3.05, 3.63) is 44.3 Å². The van der Waals surface area contributed by atoms with Crippen molar-refractivity contribution in [3.8, 4) is 0 Å². The van der Waals surface area contributed by atoms with E-state index in [1.165, 1.54) is 10.6 Å². The number of anilines is 1. The average Bonchev–Trinajstić information content (AvgIpc) is 2.88. The first-order valence-corrected chi connectivity index (χ1v) is 7.10. The molecule has 0 saturated carbocycles. The number of hydrogen-bond donors (Lipinski definition) is 2. The van der Waals surface area contributed by atoms with E-state index in [0.29, 0.717) is 20.1 Å². The molecule has 0 spiro atoms. The van der Waals surface area contributed by atoms with E-state index in [-0.39, 0.29) is 5.56 Å². The molecule has 0 radical (unpaired) electrons. The third-order valence-corrected chi connectivity index (χ3v) is 3.88. The predicted octanol–water partition coefficient (Wildman–Crippen LogP) is 1.70. The van der Waals surface area contributed by atoms with Crippen molar-refractivity contribution in [2.24, 2.45) is 7.05 Å². The molecule has 3 aromatic heterocycles. The second-order valence-corrected chi connectivity index (χ2v) is 5.88. The van der Waals surface area contributed by atoms with E-state index in [1.54, 1.807) is 25.4 Å². The zero-order valence-corrected chi connectivity index (χ0v) is 12.4. The molecule has 0 bridgehead atoms. The molecule has 106 valence electrons. The van der Waals surface area contributed by atoms with Gasteiger partial charge in [-0.05, 0) is 30.4 Å². The Hall–Kier alpha value is -2.39. The maximum Gasteiger partial charge on any atom is 0.264 e. The normalized spacial score (nSPS) is 10.7. The smallest absolute Gasteiger partial charge is 0.264 e. The van der Waals surface area contributed by atoms with Crippen LogP contribution in [0.4, 0.5) is 5.13 Å². The summed E-state index contributed by atoms with van der Waals surface area (Å²) in [6.45, 7) is 0. The summed E-state index contributed by atoms with van der Waals surface area (Å²) in [6.07, 6.45) is 1.60. The Kier molecular flexibility index (Phi) is 3.35. The van der Waals surface area contributed by atoms with Gasteiger partial charge >= 0.3 is 0 Å². The van der Waals surface area contributed by atoms with Gasteiger partial charge in [-0.25, -0.2) is 4.98 Å². The van der Waals surface area contributed by atoms with Gasteiger partial charge in [0.05, 0.1) is 0 Å². The first kappa shape index (κ1) is 13.6. The van der Waals surface area contributed by atoms with Crippen molar-refractivity contribution in [1.29, 1.82) is 0 Å². The lowest BCUT2D eigenvalue weighted by Gasteiger charge is -2.07. The van der Waals surface area contributed by atoms with Gasteiger partial charge in [0, 0.05) is 18.6 Å². The predicted molar refractivity (Wildman–Crippen MR) is 82.2 cm³/mol. The van der Waals surface area contributed by atoms with E-state index in [1.807, 2.05) is 0 Å². The van der Waals surface area contributed by atoms with Crippen LogP contribution in [0.1, 0.15) is 10.4 Å². The number of aryl methyl sites for hydroxylation is 1. The quantitative estimate of drug-likeness (QED) is 0.701. The van der Waals surface area contributed by atoms with Gasteiger partial charge in [0.1, 0.15) is 11.2 Å². The number of aromatic amines is 1. The minimum atomic E-state index is -0.529. The Balaban J connectivity index is 2.07. The van der Waals surface area contributed by atoms with E-state index in [0.717, 1.165) is 11.3 Å². The minimum Gasteiger partial charge on any atom is -0.296 e. The van der Waals surface area contributed by atoms with Crippen LogP contribution in [0.5, 0.6) is 0 Å². The molecule has 3 heterocycles. The van der Waals surface area contributed by atoms with Crippen LogP contribution in [0, 0.1) is 3.95 Å². The summed E-state index contributed by atoms with van der Waals surface area (Å²) in [6, 6.07) is 5.05. The van der Waals surface area contributed by atoms with Crippen molar-refractivity contribution in [1.82, 2.24) is 19.7 Å². The van der Waals surface area contributed by atoms with E-state index < -0.39 is 11.5 Å². The highest BCUT2D eigenvalue weighted by atomic mass is 32.1. The Morgan fingerprint density at radius 2 is 2.33 bits per heavy atom. The number of fused-ring (bicyclic) bond motifs is 1. The standard InChI is InChI=1S/C12H9N5O2S2/c1-17-8-6(3-2-4-13-8)5-7(10(17)19)9(18)14-11-15-16-12(20)21-11/h2-5H,1H3,(H,16,20)(H,14,15,18). The van der Waals surface area contributed by atoms with Crippen LogP contribution in [-0.4, -0.2) is 25.7 Å². The van der Waals surface area contributed by atoms with Crippen LogP contribution in [0.3, 0.4) is 0 Å². The highest BCUT2D eigenvalue weighted by Crippen LogP contribution is 2.14. The highest BCUT2D eigenvalue weighted by Gasteiger charge is 2.15. The minimum absolute atomic E-state index is 0.0270. The van der Waals surface area contributed by atoms with Gasteiger partial charge in [-0.3, -0.25) is 24.6 Å². The lowest BCUT2D eigenvalue weighted by atomic mass is 10.2. The largest absolute Gasteiger partial charge is 0.296 e. The average molecular weight is 319 g/mol. The van der Waals surface area contributed by atoms with Gasteiger partial charge in [0.2, 0.25) is 5.13 Å². The molecule has 0 aromatic carbocycles. The number of rotatable bonds is 2. The summed E-state index contributed by atoms with van der Waals surface area (Å²) in [5.74, 6) is -0.529. The maximum absolute atomic E-state index is 12.2. The summed E-state index contributed by atoms with van der Waals surface area (Å²) in [5, 5.41) is 9.96. The number of nitrogens with one attached hydrogen (secondary N) is 2. The van der Waals surface area contributed by atoms with Crippen molar-refractivity contribution in [2.45, 2.75) is 0 Å². The second-order valence-electron chi connectivity index (χ2n) is 4.21. The van der Waals surface area contributed by atoms with Crippen LogP contribution in [0.15, 0.2) is 29.2 Å². The van der Waals surface area contributed by atoms with E-state index >= 15 is 0 Å². The molecule has 9 heteroatoms. The van der Waals surface area contributed by atoms with Crippen LogP contribution in [0.2, 0.25) is 0 Å². The molecule has 0 aliphatic carbocycles. The van der Waals surface area contributed by atoms with Gasteiger partial charge in [0.25, 0.3) is 11.5 Å². The van der Waals surface area contributed by atoms with Gasteiger partial charge in [-0.2, -0.15) is 0 Å². The van der Waals surface area contributed by atoms with E-state index in [2.05, 4.69) is 20.5 Å². The van der Waals surface area contributed by atoms with Crippen molar-refractivity contribution >= 4 is 45.6 Å². The SMILES string of the molecule is Cn1c(=O)c(C(=O)Nc2n[nH]c(=S)s2)cc2cccnc21. The molecule has 0 fully saturated rings. The Bertz CT molecular complexity index is 956. The zero-order valence-electron chi connectivity index (χ0n) is 10.8. The first-order chi connectivity index (χ1) is 10.1. The fourth-order valence-electron chi connectivity index (χ4n) is 1.91. The van der Waals surface area contributed by atoms with Gasteiger partial charge < -0.3 is 0 Å². The lowest BCUT2D eigenvalue weighted by molar-refractivity contribution is 0.102. The second kappa shape index (κ2) is 5.19. The van der Waals surface area contributed by atoms with Crippen molar-refractivity contribution < 1.29 is 4.79 Å². The summed E-state index contributed by atoms with van der Waals surface area (Å²) in [5.41, 5.74) is 0.131. The third kappa shape index (κ3) is 2.48. The third-order valence-electron chi connectivity index (χ3n) is 2.87. The number of carbonyl (C=O) groups excluding carboxylic acids is 1. The molecule has 0 saturated heterocycles.